The molecule has 1 heterocycles. The summed E-state index contributed by atoms with van der Waals surface area (Å²) in [5.74, 6) is 6.14. The van der Waals surface area contributed by atoms with Gasteiger partial charge in [0, 0.05) is 5.56 Å². The van der Waals surface area contributed by atoms with Crippen molar-refractivity contribution in [1.29, 1.82) is 0 Å². The third kappa shape index (κ3) is 3.55. The minimum absolute atomic E-state index is 0.192. The number of benzene rings is 2. The summed E-state index contributed by atoms with van der Waals surface area (Å²) in [6, 6.07) is 15.7. The molecule has 0 atom stereocenters. The smallest absolute Gasteiger partial charge is 0.416 e. The molecule has 26 heavy (non-hydrogen) atoms. The largest absolute Gasteiger partial charge is 0.464 e. The second-order valence-electron chi connectivity index (χ2n) is 5.27. The molecule has 1 amide bonds. The van der Waals surface area contributed by atoms with E-state index in [1.165, 1.54) is 11.2 Å². The van der Waals surface area contributed by atoms with Gasteiger partial charge >= 0.3 is 6.09 Å². The molecular formula is C19H15N5O2. The first-order chi connectivity index (χ1) is 12.6. The maximum atomic E-state index is 11.7. The van der Waals surface area contributed by atoms with Crippen LogP contribution in [0.1, 0.15) is 11.1 Å². The molecule has 0 saturated carbocycles. The topological polar surface area (TPSA) is 118 Å². The normalized spacial score (nSPS) is 9.85. The van der Waals surface area contributed by atoms with Crippen LogP contribution in [0.4, 0.5) is 27.8 Å². The highest BCUT2D eigenvalue weighted by Crippen LogP contribution is 2.26. The molecule has 0 spiro atoms. The lowest BCUT2D eigenvalue weighted by Crippen LogP contribution is -2.23. The lowest BCUT2D eigenvalue weighted by atomic mass is 10.1. The molecule has 7 heteroatoms. The van der Waals surface area contributed by atoms with Crippen LogP contribution >= 0.6 is 0 Å². The zero-order valence-corrected chi connectivity index (χ0v) is 13.6. The molecule has 1 aromatic heterocycles. The van der Waals surface area contributed by atoms with Crippen molar-refractivity contribution in [2.24, 2.45) is 0 Å². The van der Waals surface area contributed by atoms with Crippen LogP contribution in [0.15, 0.2) is 60.9 Å². The molecule has 5 N–H and O–H groups in total. The quantitative estimate of drug-likeness (QED) is 0.615. The van der Waals surface area contributed by atoms with Gasteiger partial charge in [-0.1, -0.05) is 36.1 Å². The van der Waals surface area contributed by atoms with Crippen molar-refractivity contribution >= 4 is 29.1 Å². The summed E-state index contributed by atoms with van der Waals surface area (Å²) < 4.78 is 0. The van der Waals surface area contributed by atoms with E-state index in [9.17, 15) is 9.90 Å². The van der Waals surface area contributed by atoms with Crippen LogP contribution in [0, 0.1) is 11.8 Å². The van der Waals surface area contributed by atoms with Gasteiger partial charge in [0.05, 0.1) is 11.4 Å². The summed E-state index contributed by atoms with van der Waals surface area (Å²) in [5, 5.41) is 9.59. The molecule has 0 aliphatic carbocycles. The molecule has 128 valence electrons. The number of aromatic nitrogens is 2. The first kappa shape index (κ1) is 16.8. The van der Waals surface area contributed by atoms with Gasteiger partial charge in [-0.15, -0.1) is 0 Å². The monoisotopic (exact) mass is 345 g/mol. The summed E-state index contributed by atoms with van der Waals surface area (Å²) in [6.07, 6.45) is 0.174. The molecular weight excluding hydrogens is 330 g/mol. The van der Waals surface area contributed by atoms with Gasteiger partial charge in [0.1, 0.15) is 23.5 Å². The van der Waals surface area contributed by atoms with Crippen molar-refractivity contribution in [2.45, 2.75) is 0 Å². The summed E-state index contributed by atoms with van der Waals surface area (Å²) >= 11 is 0. The Morgan fingerprint density at radius 2 is 1.58 bits per heavy atom. The molecule has 0 radical (unpaired) electrons. The Kier molecular flexibility index (Phi) is 4.67. The zero-order chi connectivity index (χ0) is 18.5. The number of nitrogens with two attached hydrogens (primary N) is 2. The maximum absolute atomic E-state index is 11.7. The average molecular weight is 345 g/mol. The highest BCUT2D eigenvalue weighted by Gasteiger charge is 2.16. The lowest BCUT2D eigenvalue weighted by Gasteiger charge is -2.19. The molecule has 0 saturated heterocycles. The fraction of sp³-hybridized carbons (Fsp3) is 0. The van der Waals surface area contributed by atoms with E-state index >= 15 is 0 Å². The number of anilines is 4. The highest BCUT2D eigenvalue weighted by molar-refractivity contribution is 5.94. The fourth-order valence-electron chi connectivity index (χ4n) is 2.35. The number of hydrogen-bond acceptors (Lipinski definition) is 5. The maximum Gasteiger partial charge on any atom is 0.416 e. The van der Waals surface area contributed by atoms with Crippen LogP contribution in [-0.2, 0) is 0 Å². The zero-order valence-electron chi connectivity index (χ0n) is 13.6. The van der Waals surface area contributed by atoms with Crippen molar-refractivity contribution in [3.05, 3.63) is 72.1 Å². The number of carboxylic acid groups (broad SMARTS) is 1. The van der Waals surface area contributed by atoms with Crippen LogP contribution in [-0.4, -0.2) is 21.2 Å². The predicted molar refractivity (Wildman–Crippen MR) is 99.9 cm³/mol. The van der Waals surface area contributed by atoms with E-state index in [1.807, 2.05) is 6.07 Å². The van der Waals surface area contributed by atoms with Gasteiger partial charge in [0.15, 0.2) is 0 Å². The van der Waals surface area contributed by atoms with Gasteiger partial charge < -0.3 is 16.6 Å². The minimum Gasteiger partial charge on any atom is -0.464 e. The number of amides is 1. The van der Waals surface area contributed by atoms with Crippen molar-refractivity contribution in [3.63, 3.8) is 0 Å². The van der Waals surface area contributed by atoms with Crippen LogP contribution < -0.4 is 16.4 Å². The molecule has 2 aromatic carbocycles. The third-order valence-electron chi connectivity index (χ3n) is 3.55. The van der Waals surface area contributed by atoms with E-state index in [-0.39, 0.29) is 11.6 Å². The molecule has 0 aliphatic heterocycles. The minimum atomic E-state index is -1.09. The first-order valence-corrected chi connectivity index (χ1v) is 7.62. The number of carbonyl (C=O) groups is 1. The Morgan fingerprint density at radius 3 is 2.23 bits per heavy atom. The third-order valence-corrected chi connectivity index (χ3v) is 3.55. The van der Waals surface area contributed by atoms with E-state index in [2.05, 4.69) is 21.8 Å². The fourth-order valence-corrected chi connectivity index (χ4v) is 2.35. The summed E-state index contributed by atoms with van der Waals surface area (Å²) in [5.41, 5.74) is 13.5. The van der Waals surface area contributed by atoms with E-state index < -0.39 is 6.09 Å². The molecule has 0 aliphatic rings. The average Bonchev–Trinajstić information content (AvgIpc) is 2.62. The Balaban J connectivity index is 1.99. The van der Waals surface area contributed by atoms with Gasteiger partial charge in [-0.2, -0.15) is 0 Å². The standard InChI is InChI=1S/C19H15N5O2/c20-17-16(18(21)23-12-22-17)10-9-13-5-4-8-15(11-13)24(19(25)26)14-6-2-1-3-7-14/h1-8,11-12H,(H,25,26)(H4,20,21,22,23). The highest BCUT2D eigenvalue weighted by atomic mass is 16.4. The lowest BCUT2D eigenvalue weighted by molar-refractivity contribution is 0.205. The number of nitrogens with zero attached hydrogens (tertiary/aromatic N) is 3. The SMILES string of the molecule is Nc1ncnc(N)c1C#Cc1cccc(N(C(=O)O)c2ccccc2)c1. The number of para-hydroxylation sites is 1. The van der Waals surface area contributed by atoms with Crippen molar-refractivity contribution < 1.29 is 9.90 Å². The van der Waals surface area contributed by atoms with Crippen molar-refractivity contribution in [3.8, 4) is 11.8 Å². The van der Waals surface area contributed by atoms with Gasteiger partial charge in [-0.25, -0.2) is 19.7 Å². The van der Waals surface area contributed by atoms with Gasteiger partial charge in [-0.05, 0) is 30.3 Å². The molecule has 3 aromatic rings. The van der Waals surface area contributed by atoms with Crippen LogP contribution in [0.25, 0.3) is 0 Å². The van der Waals surface area contributed by atoms with Gasteiger partial charge in [0.25, 0.3) is 0 Å². The molecule has 0 bridgehead atoms. The predicted octanol–water partition coefficient (Wildman–Crippen LogP) is 2.86. The Labute approximate surface area is 149 Å². The van der Waals surface area contributed by atoms with Gasteiger partial charge in [-0.3, -0.25) is 0 Å². The van der Waals surface area contributed by atoms with E-state index in [4.69, 9.17) is 11.5 Å². The Hall–Kier alpha value is -4.05. The number of rotatable bonds is 2. The molecule has 3 rings (SSSR count). The van der Waals surface area contributed by atoms with Crippen LogP contribution in [0.5, 0.6) is 0 Å². The second kappa shape index (κ2) is 7.23. The summed E-state index contributed by atoms with van der Waals surface area (Å²) in [6.45, 7) is 0. The van der Waals surface area contributed by atoms with Crippen LogP contribution in [0.2, 0.25) is 0 Å². The van der Waals surface area contributed by atoms with Crippen LogP contribution in [0.3, 0.4) is 0 Å². The van der Waals surface area contributed by atoms with E-state index in [0.29, 0.717) is 22.5 Å². The van der Waals surface area contributed by atoms with E-state index in [1.54, 1.807) is 48.5 Å². The Morgan fingerprint density at radius 1 is 0.923 bits per heavy atom. The first-order valence-electron chi connectivity index (χ1n) is 7.62. The van der Waals surface area contributed by atoms with Gasteiger partial charge in [0.2, 0.25) is 0 Å². The number of hydrogen-bond donors (Lipinski definition) is 3. The van der Waals surface area contributed by atoms with E-state index in [0.717, 1.165) is 0 Å². The molecule has 0 unspecified atom stereocenters. The number of nitrogen functional groups attached to an aromatic ring is 2. The second-order valence-corrected chi connectivity index (χ2v) is 5.27. The molecule has 7 nitrogen and oxygen atoms in total. The summed E-state index contributed by atoms with van der Waals surface area (Å²) in [7, 11) is 0. The van der Waals surface area contributed by atoms with Crippen molar-refractivity contribution in [2.75, 3.05) is 16.4 Å². The Bertz CT molecular complexity index is 989. The van der Waals surface area contributed by atoms with Crippen molar-refractivity contribution in [1.82, 2.24) is 9.97 Å². The summed E-state index contributed by atoms with van der Waals surface area (Å²) in [4.78, 5) is 20.6. The molecule has 0 fully saturated rings.